The molecule has 0 aromatic heterocycles. The molecule has 2 rings (SSSR count). The maximum atomic E-state index is 10.9. The van der Waals surface area contributed by atoms with E-state index in [1.54, 1.807) is 24.3 Å². The van der Waals surface area contributed by atoms with Gasteiger partial charge in [0.25, 0.3) is 5.69 Å². The molecule has 0 aliphatic heterocycles. The zero-order chi connectivity index (χ0) is 13.8. The second-order valence-corrected chi connectivity index (χ2v) is 5.19. The van der Waals surface area contributed by atoms with Crippen LogP contribution in [0.15, 0.2) is 46.9 Å². The Hall–Kier alpha value is -1.59. The minimum atomic E-state index is -0.389. The molecule has 2 aromatic carbocycles. The fraction of sp³-hybridized carbons (Fsp3) is 0.0769. The zero-order valence-electron chi connectivity index (χ0n) is 9.77. The van der Waals surface area contributed by atoms with E-state index in [1.165, 1.54) is 6.07 Å². The van der Waals surface area contributed by atoms with Crippen molar-refractivity contribution in [3.8, 4) is 0 Å². The Labute approximate surface area is 123 Å². The summed E-state index contributed by atoms with van der Waals surface area (Å²) in [4.78, 5) is 10.5. The Kier molecular flexibility index (Phi) is 4.39. The first-order valence-corrected chi connectivity index (χ1v) is 6.66. The lowest BCUT2D eigenvalue weighted by atomic mass is 10.2. The van der Waals surface area contributed by atoms with Gasteiger partial charge < -0.3 is 5.32 Å². The van der Waals surface area contributed by atoms with Gasteiger partial charge in [0.15, 0.2) is 0 Å². The Balaban J connectivity index is 2.17. The van der Waals surface area contributed by atoms with Gasteiger partial charge in [-0.2, -0.15) is 0 Å². The van der Waals surface area contributed by atoms with Crippen molar-refractivity contribution >= 4 is 38.9 Å². The summed E-state index contributed by atoms with van der Waals surface area (Å²) in [5.41, 5.74) is 1.46. The van der Waals surface area contributed by atoms with E-state index in [9.17, 15) is 10.1 Å². The van der Waals surface area contributed by atoms with Gasteiger partial charge in [0.2, 0.25) is 0 Å². The number of hydrogen-bond donors (Lipinski definition) is 1. The lowest BCUT2D eigenvalue weighted by Gasteiger charge is -2.09. The van der Waals surface area contributed by atoms with E-state index in [1.807, 2.05) is 12.1 Å². The first-order chi connectivity index (χ1) is 9.08. The number of para-hydroxylation sites is 1. The minimum absolute atomic E-state index is 0.100. The van der Waals surface area contributed by atoms with Crippen LogP contribution < -0.4 is 5.32 Å². The number of hydrogen-bond acceptors (Lipinski definition) is 3. The highest BCUT2D eigenvalue weighted by Gasteiger charge is 2.12. The molecule has 0 bridgehead atoms. The van der Waals surface area contributed by atoms with E-state index >= 15 is 0 Å². The van der Waals surface area contributed by atoms with Crippen molar-refractivity contribution in [3.63, 3.8) is 0 Å². The first-order valence-electron chi connectivity index (χ1n) is 5.49. The SMILES string of the molecule is O=[N+]([O-])c1ccccc1CNc1ccc(Br)cc1Cl. The Morgan fingerprint density at radius 1 is 1.26 bits per heavy atom. The molecule has 0 saturated carbocycles. The molecule has 1 N–H and O–H groups in total. The fourth-order valence-corrected chi connectivity index (χ4v) is 2.40. The van der Waals surface area contributed by atoms with Gasteiger partial charge in [0.1, 0.15) is 0 Å². The third kappa shape index (κ3) is 3.45. The number of halogens is 2. The molecule has 98 valence electrons. The molecule has 4 nitrogen and oxygen atoms in total. The summed E-state index contributed by atoms with van der Waals surface area (Å²) in [5.74, 6) is 0. The van der Waals surface area contributed by atoms with Crippen LogP contribution in [0.5, 0.6) is 0 Å². The van der Waals surface area contributed by atoms with Crippen molar-refractivity contribution in [3.05, 3.63) is 67.6 Å². The van der Waals surface area contributed by atoms with Crippen LogP contribution in [-0.2, 0) is 6.54 Å². The van der Waals surface area contributed by atoms with Gasteiger partial charge in [-0.15, -0.1) is 0 Å². The van der Waals surface area contributed by atoms with Crippen LogP contribution in [-0.4, -0.2) is 4.92 Å². The summed E-state index contributed by atoms with van der Waals surface area (Å²) in [6.07, 6.45) is 0. The molecule has 0 fully saturated rings. The summed E-state index contributed by atoms with van der Waals surface area (Å²) >= 11 is 9.39. The first kappa shape index (κ1) is 13.8. The molecule has 2 aromatic rings. The molecule has 0 unspecified atom stereocenters. The number of anilines is 1. The topological polar surface area (TPSA) is 55.2 Å². The molecule has 0 amide bonds. The second-order valence-electron chi connectivity index (χ2n) is 3.86. The standard InChI is InChI=1S/C13H10BrClN2O2/c14-10-5-6-12(11(15)7-10)16-8-9-3-1-2-4-13(9)17(18)19/h1-7,16H,8H2. The smallest absolute Gasteiger partial charge is 0.274 e. The average Bonchev–Trinajstić information content (AvgIpc) is 2.38. The molecule has 0 aliphatic carbocycles. The lowest BCUT2D eigenvalue weighted by Crippen LogP contribution is -2.03. The van der Waals surface area contributed by atoms with Gasteiger partial charge in [0, 0.05) is 22.6 Å². The minimum Gasteiger partial charge on any atom is -0.379 e. The predicted octanol–water partition coefficient (Wildman–Crippen LogP) is 4.62. The fourth-order valence-electron chi connectivity index (χ4n) is 1.66. The highest BCUT2D eigenvalue weighted by Crippen LogP contribution is 2.27. The molecule has 0 atom stereocenters. The van der Waals surface area contributed by atoms with E-state index in [2.05, 4.69) is 21.2 Å². The van der Waals surface area contributed by atoms with Gasteiger partial charge in [-0.3, -0.25) is 10.1 Å². The average molecular weight is 342 g/mol. The lowest BCUT2D eigenvalue weighted by molar-refractivity contribution is -0.385. The molecule has 0 heterocycles. The molecule has 0 spiro atoms. The molecule has 0 aliphatic rings. The van der Waals surface area contributed by atoms with E-state index in [4.69, 9.17) is 11.6 Å². The van der Waals surface area contributed by atoms with E-state index in [0.29, 0.717) is 17.1 Å². The molecule has 6 heteroatoms. The van der Waals surface area contributed by atoms with E-state index in [-0.39, 0.29) is 10.6 Å². The highest BCUT2D eigenvalue weighted by molar-refractivity contribution is 9.10. The quantitative estimate of drug-likeness (QED) is 0.652. The third-order valence-corrected chi connectivity index (χ3v) is 3.39. The van der Waals surface area contributed by atoms with Crippen LogP contribution in [0.25, 0.3) is 0 Å². The second kappa shape index (κ2) is 6.04. The van der Waals surface area contributed by atoms with Crippen LogP contribution in [0.3, 0.4) is 0 Å². The largest absolute Gasteiger partial charge is 0.379 e. The van der Waals surface area contributed by atoms with Crippen molar-refractivity contribution in [2.75, 3.05) is 5.32 Å². The van der Waals surface area contributed by atoms with E-state index in [0.717, 1.165) is 10.2 Å². The normalized spacial score (nSPS) is 10.2. The van der Waals surface area contributed by atoms with Gasteiger partial charge >= 0.3 is 0 Å². The van der Waals surface area contributed by atoms with Gasteiger partial charge in [0.05, 0.1) is 15.6 Å². The molecular weight excluding hydrogens is 332 g/mol. The maximum absolute atomic E-state index is 10.9. The summed E-state index contributed by atoms with van der Waals surface area (Å²) < 4.78 is 0.883. The van der Waals surface area contributed by atoms with Crippen molar-refractivity contribution in [1.82, 2.24) is 0 Å². The highest BCUT2D eigenvalue weighted by atomic mass is 79.9. The van der Waals surface area contributed by atoms with Crippen LogP contribution in [0.4, 0.5) is 11.4 Å². The van der Waals surface area contributed by atoms with Crippen LogP contribution in [0, 0.1) is 10.1 Å². The van der Waals surface area contributed by atoms with Crippen molar-refractivity contribution in [2.45, 2.75) is 6.54 Å². The molecule has 19 heavy (non-hydrogen) atoms. The molecular formula is C13H10BrClN2O2. The van der Waals surface area contributed by atoms with Crippen LogP contribution in [0.2, 0.25) is 5.02 Å². The Bertz CT molecular complexity index is 619. The third-order valence-electron chi connectivity index (χ3n) is 2.59. The number of benzene rings is 2. The van der Waals surface area contributed by atoms with Gasteiger partial charge in [-0.25, -0.2) is 0 Å². The summed E-state index contributed by atoms with van der Waals surface area (Å²) in [7, 11) is 0. The van der Waals surface area contributed by atoms with Crippen LogP contribution in [0.1, 0.15) is 5.56 Å². The predicted molar refractivity (Wildman–Crippen MR) is 79.6 cm³/mol. The van der Waals surface area contributed by atoms with Crippen LogP contribution >= 0.6 is 27.5 Å². The number of nitrogens with zero attached hydrogens (tertiary/aromatic N) is 1. The Morgan fingerprint density at radius 2 is 2.00 bits per heavy atom. The number of rotatable bonds is 4. The van der Waals surface area contributed by atoms with Crippen molar-refractivity contribution in [1.29, 1.82) is 0 Å². The number of nitrogens with one attached hydrogen (secondary N) is 1. The monoisotopic (exact) mass is 340 g/mol. The van der Waals surface area contributed by atoms with Crippen molar-refractivity contribution < 1.29 is 4.92 Å². The zero-order valence-corrected chi connectivity index (χ0v) is 12.1. The maximum Gasteiger partial charge on any atom is 0.274 e. The summed E-state index contributed by atoms with van der Waals surface area (Å²) in [6.45, 7) is 0.346. The Morgan fingerprint density at radius 3 is 2.68 bits per heavy atom. The molecule has 0 saturated heterocycles. The van der Waals surface area contributed by atoms with Gasteiger partial charge in [-0.1, -0.05) is 45.7 Å². The summed E-state index contributed by atoms with van der Waals surface area (Å²) in [6, 6.07) is 12.1. The van der Waals surface area contributed by atoms with Gasteiger partial charge in [-0.05, 0) is 18.2 Å². The van der Waals surface area contributed by atoms with Crippen molar-refractivity contribution in [2.24, 2.45) is 0 Å². The molecule has 0 radical (unpaired) electrons. The summed E-state index contributed by atoms with van der Waals surface area (Å²) in [5, 5.41) is 14.5. The van der Waals surface area contributed by atoms with E-state index < -0.39 is 0 Å². The number of nitro groups is 1. The number of nitro benzene ring substituents is 1.